The highest BCUT2D eigenvalue weighted by molar-refractivity contribution is 5.89. The smallest absolute Gasteiger partial charge is 0.243 e. The predicted octanol–water partition coefficient (Wildman–Crippen LogP) is 5.77. The van der Waals surface area contributed by atoms with Crippen LogP contribution >= 0.6 is 0 Å². The molecule has 2 aromatic rings. The Hall–Kier alpha value is -3.08. The number of nitrogens with zero attached hydrogens (tertiary/aromatic N) is 1. The van der Waals surface area contributed by atoms with Gasteiger partial charge in [-0.25, -0.2) is 0 Å². The van der Waals surface area contributed by atoms with Crippen molar-refractivity contribution in [1.82, 2.24) is 10.7 Å². The molecule has 5 heteroatoms. The molecule has 2 aromatic carbocycles. The minimum atomic E-state index is 0.00510. The van der Waals surface area contributed by atoms with Gasteiger partial charge in [-0.05, 0) is 92.0 Å². The van der Waals surface area contributed by atoms with Gasteiger partial charge in [0, 0.05) is 17.4 Å². The maximum absolute atomic E-state index is 13.9. The number of rotatable bonds is 4. The lowest BCUT2D eigenvalue weighted by atomic mass is 9.48. The van der Waals surface area contributed by atoms with Crippen LogP contribution < -0.4 is 15.8 Å². The monoisotopic (exact) mass is 483 g/mol. The van der Waals surface area contributed by atoms with Gasteiger partial charge in [-0.1, -0.05) is 56.3 Å². The number of fused-ring (bicyclic) bond motifs is 5. The van der Waals surface area contributed by atoms with E-state index in [-0.39, 0.29) is 34.6 Å². The number of anilines is 2. The molecule has 2 amide bonds. The van der Waals surface area contributed by atoms with E-state index in [0.29, 0.717) is 17.8 Å². The first-order valence-corrected chi connectivity index (χ1v) is 13.6. The zero-order chi connectivity index (χ0) is 24.9. The third-order valence-electron chi connectivity index (χ3n) is 10.3. The van der Waals surface area contributed by atoms with Crippen LogP contribution in [0.15, 0.2) is 72.8 Å². The van der Waals surface area contributed by atoms with E-state index >= 15 is 0 Å². The van der Waals surface area contributed by atoms with Crippen LogP contribution in [0.5, 0.6) is 0 Å². The van der Waals surface area contributed by atoms with E-state index in [1.165, 1.54) is 0 Å². The minimum Gasteiger partial charge on any atom is -0.349 e. The van der Waals surface area contributed by atoms with Crippen LogP contribution in [0.2, 0.25) is 0 Å². The molecular weight excluding hydrogens is 446 g/mol. The zero-order valence-corrected chi connectivity index (χ0v) is 21.3. The number of para-hydroxylation sites is 2. The highest BCUT2D eigenvalue weighted by Crippen LogP contribution is 2.65. The van der Waals surface area contributed by atoms with Crippen LogP contribution in [0.3, 0.4) is 0 Å². The van der Waals surface area contributed by atoms with Crippen LogP contribution in [0.25, 0.3) is 0 Å². The highest BCUT2D eigenvalue weighted by Gasteiger charge is 2.61. The lowest BCUT2D eigenvalue weighted by Crippen LogP contribution is -2.59. The van der Waals surface area contributed by atoms with Crippen molar-refractivity contribution >= 4 is 23.2 Å². The number of hydrogen-bond acceptors (Lipinski definition) is 3. The summed E-state index contributed by atoms with van der Waals surface area (Å²) in [5, 5.41) is 5.18. The van der Waals surface area contributed by atoms with Crippen molar-refractivity contribution in [2.45, 2.75) is 58.4 Å². The fourth-order valence-corrected chi connectivity index (χ4v) is 8.38. The second kappa shape index (κ2) is 8.79. The fraction of sp³-hybridized carbons (Fsp3) is 0.484. The number of carbonyl (C=O) groups excluding carboxylic acids is 2. The number of amides is 2. The van der Waals surface area contributed by atoms with Crippen molar-refractivity contribution < 1.29 is 9.59 Å². The number of benzene rings is 2. The second-order valence-corrected chi connectivity index (χ2v) is 11.9. The Morgan fingerprint density at radius 1 is 0.889 bits per heavy atom. The van der Waals surface area contributed by atoms with E-state index in [1.54, 1.807) is 6.08 Å². The molecule has 2 N–H and O–H groups in total. The quantitative estimate of drug-likeness (QED) is 0.543. The van der Waals surface area contributed by atoms with E-state index in [4.69, 9.17) is 0 Å². The number of nitrogens with one attached hydrogen (secondary N) is 2. The maximum atomic E-state index is 13.9. The number of carbonyl (C=O) groups is 2. The van der Waals surface area contributed by atoms with Crippen LogP contribution in [-0.4, -0.2) is 17.9 Å². The molecule has 3 fully saturated rings. The Bertz CT molecular complexity index is 1130. The van der Waals surface area contributed by atoms with Gasteiger partial charge in [-0.2, -0.15) is 0 Å². The fourth-order valence-electron chi connectivity index (χ4n) is 8.38. The van der Waals surface area contributed by atoms with Gasteiger partial charge in [0.15, 0.2) is 0 Å². The van der Waals surface area contributed by atoms with E-state index in [0.717, 1.165) is 49.9 Å². The molecule has 36 heavy (non-hydrogen) atoms. The Kier molecular flexibility index (Phi) is 5.70. The van der Waals surface area contributed by atoms with Crippen molar-refractivity contribution in [1.29, 1.82) is 0 Å². The topological polar surface area (TPSA) is 61.4 Å². The first kappa shape index (κ1) is 23.3. The van der Waals surface area contributed by atoms with E-state index < -0.39 is 0 Å². The molecule has 188 valence electrons. The first-order chi connectivity index (χ1) is 17.4. The van der Waals surface area contributed by atoms with Gasteiger partial charge in [0.05, 0.1) is 11.4 Å². The van der Waals surface area contributed by atoms with Crippen molar-refractivity contribution in [2.24, 2.45) is 34.5 Å². The highest BCUT2D eigenvalue weighted by atomic mass is 16.2. The zero-order valence-electron chi connectivity index (χ0n) is 21.3. The van der Waals surface area contributed by atoms with Crippen molar-refractivity contribution in [3.8, 4) is 0 Å². The van der Waals surface area contributed by atoms with Gasteiger partial charge < -0.3 is 5.32 Å². The molecule has 3 saturated carbocycles. The minimum absolute atomic E-state index is 0.00510. The SMILES string of the molecule is C[C@]12C=CC(=O)NC1CC[C@@H]1[C@H]2CC[C@]2(C)C(C(=O)NN(c3ccccc3)c3ccccc3)CC[C@@H]12. The molecule has 0 aromatic heterocycles. The van der Waals surface area contributed by atoms with E-state index in [9.17, 15) is 9.59 Å². The third kappa shape index (κ3) is 3.66. The summed E-state index contributed by atoms with van der Waals surface area (Å²) in [6.07, 6.45) is 10.4. The van der Waals surface area contributed by atoms with Crippen molar-refractivity contribution in [3.63, 3.8) is 0 Å². The molecule has 1 aliphatic heterocycles. The molecular formula is C31H37N3O2. The van der Waals surface area contributed by atoms with Crippen LogP contribution in [0.1, 0.15) is 52.4 Å². The van der Waals surface area contributed by atoms with E-state index in [2.05, 4.69) is 30.7 Å². The molecule has 7 atom stereocenters. The van der Waals surface area contributed by atoms with Gasteiger partial charge in [-0.3, -0.25) is 20.0 Å². The lowest BCUT2D eigenvalue weighted by Gasteiger charge is -2.58. The second-order valence-electron chi connectivity index (χ2n) is 11.9. The Morgan fingerprint density at radius 2 is 1.56 bits per heavy atom. The summed E-state index contributed by atoms with van der Waals surface area (Å²) in [5.74, 6) is 1.93. The summed E-state index contributed by atoms with van der Waals surface area (Å²) in [5.41, 5.74) is 5.26. The van der Waals surface area contributed by atoms with Crippen LogP contribution in [0, 0.1) is 34.5 Å². The predicted molar refractivity (Wildman–Crippen MR) is 142 cm³/mol. The van der Waals surface area contributed by atoms with Gasteiger partial charge in [-0.15, -0.1) is 0 Å². The van der Waals surface area contributed by atoms with Crippen LogP contribution in [0.4, 0.5) is 11.4 Å². The van der Waals surface area contributed by atoms with Gasteiger partial charge in [0.2, 0.25) is 11.8 Å². The lowest BCUT2D eigenvalue weighted by molar-refractivity contribution is -0.134. The average molecular weight is 484 g/mol. The molecule has 0 spiro atoms. The molecule has 1 heterocycles. The first-order valence-electron chi connectivity index (χ1n) is 13.6. The van der Waals surface area contributed by atoms with Crippen LogP contribution in [-0.2, 0) is 9.59 Å². The number of hydrogen-bond donors (Lipinski definition) is 2. The Labute approximate surface area is 214 Å². The van der Waals surface area contributed by atoms with Crippen molar-refractivity contribution in [3.05, 3.63) is 72.8 Å². The standard InChI is InChI=1S/C31H37N3O2/c1-30-19-17-25-23(13-16-27-31(25,2)20-18-28(35)32-27)24(30)14-15-26(30)29(36)33-34(21-9-5-3-6-10-21)22-11-7-4-8-12-22/h3-12,18,20,23-27H,13-17,19H2,1-2H3,(H,32,35)(H,33,36)/t23-,24-,25+,26?,27?,30-,31+/m0/s1. The average Bonchev–Trinajstić information content (AvgIpc) is 3.26. The molecule has 6 rings (SSSR count). The normalized spacial score (nSPS) is 36.7. The Balaban J connectivity index is 1.24. The van der Waals surface area contributed by atoms with E-state index in [1.807, 2.05) is 65.7 Å². The number of hydrazine groups is 1. The van der Waals surface area contributed by atoms with Gasteiger partial charge in [0.25, 0.3) is 0 Å². The van der Waals surface area contributed by atoms with Gasteiger partial charge >= 0.3 is 0 Å². The summed E-state index contributed by atoms with van der Waals surface area (Å²) in [6.45, 7) is 4.73. The summed E-state index contributed by atoms with van der Waals surface area (Å²) in [7, 11) is 0. The molecule has 5 nitrogen and oxygen atoms in total. The maximum Gasteiger partial charge on any atom is 0.243 e. The van der Waals surface area contributed by atoms with Gasteiger partial charge in [0.1, 0.15) is 0 Å². The summed E-state index contributed by atoms with van der Waals surface area (Å²) >= 11 is 0. The summed E-state index contributed by atoms with van der Waals surface area (Å²) in [4.78, 5) is 26.0. The molecule has 0 radical (unpaired) electrons. The van der Waals surface area contributed by atoms with Crippen molar-refractivity contribution in [2.75, 3.05) is 5.01 Å². The molecule has 4 aliphatic rings. The third-order valence-corrected chi connectivity index (χ3v) is 10.3. The largest absolute Gasteiger partial charge is 0.349 e. The molecule has 0 saturated heterocycles. The summed E-state index contributed by atoms with van der Waals surface area (Å²) in [6, 6.07) is 20.4. The molecule has 3 aliphatic carbocycles. The molecule has 2 unspecified atom stereocenters. The Morgan fingerprint density at radius 3 is 2.22 bits per heavy atom. The summed E-state index contributed by atoms with van der Waals surface area (Å²) < 4.78 is 0. The molecule has 0 bridgehead atoms.